The third kappa shape index (κ3) is 4.28. The summed E-state index contributed by atoms with van der Waals surface area (Å²) in [6, 6.07) is 3.39. The number of pyridine rings is 1. The molecule has 1 aromatic heterocycles. The molecule has 112 valence electrons. The molecular formula is C14H17N3O3S. The molecule has 0 saturated carbocycles. The molecule has 1 amide bonds. The summed E-state index contributed by atoms with van der Waals surface area (Å²) in [5.74, 6) is 5.45. The molecule has 2 heterocycles. The van der Waals surface area contributed by atoms with Gasteiger partial charge >= 0.3 is 0 Å². The molecule has 2 rings (SSSR count). The van der Waals surface area contributed by atoms with E-state index in [1.165, 1.54) is 6.20 Å². The van der Waals surface area contributed by atoms with Crippen LogP contribution in [0.4, 0.5) is 0 Å². The van der Waals surface area contributed by atoms with Crippen molar-refractivity contribution in [2.24, 2.45) is 11.7 Å². The van der Waals surface area contributed by atoms with Crippen LogP contribution < -0.4 is 11.1 Å². The third-order valence-electron chi connectivity index (χ3n) is 3.23. The lowest BCUT2D eigenvalue weighted by atomic mass is 10.1. The summed E-state index contributed by atoms with van der Waals surface area (Å²) < 4.78 is 22.7. The first-order chi connectivity index (χ1) is 10.0. The van der Waals surface area contributed by atoms with E-state index in [-0.39, 0.29) is 35.6 Å². The number of nitrogens with two attached hydrogens (primary N) is 1. The number of carbonyl (C=O) groups excluding carboxylic acids is 1. The largest absolute Gasteiger partial charge is 0.350 e. The zero-order valence-corrected chi connectivity index (χ0v) is 12.3. The Morgan fingerprint density at radius 3 is 3.00 bits per heavy atom. The van der Waals surface area contributed by atoms with Gasteiger partial charge in [-0.1, -0.05) is 11.8 Å². The predicted molar refractivity (Wildman–Crippen MR) is 79.3 cm³/mol. The molecule has 7 heteroatoms. The molecule has 6 nitrogen and oxygen atoms in total. The van der Waals surface area contributed by atoms with Crippen molar-refractivity contribution in [2.45, 2.75) is 6.42 Å². The maximum atomic E-state index is 12.1. The Labute approximate surface area is 124 Å². The van der Waals surface area contributed by atoms with E-state index < -0.39 is 9.84 Å². The monoisotopic (exact) mass is 307 g/mol. The van der Waals surface area contributed by atoms with Crippen LogP contribution in [0.3, 0.4) is 0 Å². The number of nitrogens with zero attached hydrogens (tertiary/aromatic N) is 1. The van der Waals surface area contributed by atoms with E-state index in [0.717, 1.165) is 0 Å². The van der Waals surface area contributed by atoms with Crippen LogP contribution in [0.25, 0.3) is 0 Å². The van der Waals surface area contributed by atoms with Gasteiger partial charge < -0.3 is 11.1 Å². The second-order valence-electron chi connectivity index (χ2n) is 4.88. The highest BCUT2D eigenvalue weighted by Gasteiger charge is 2.28. The van der Waals surface area contributed by atoms with Crippen LogP contribution in [0.2, 0.25) is 0 Å². The number of nitrogens with one attached hydrogen (secondary N) is 1. The number of hydrogen-bond donors (Lipinski definition) is 2. The van der Waals surface area contributed by atoms with Gasteiger partial charge in [-0.2, -0.15) is 0 Å². The van der Waals surface area contributed by atoms with Gasteiger partial charge in [0.1, 0.15) is 5.69 Å². The highest BCUT2D eigenvalue weighted by Crippen LogP contribution is 2.17. The van der Waals surface area contributed by atoms with Crippen molar-refractivity contribution < 1.29 is 13.2 Å². The van der Waals surface area contributed by atoms with Crippen molar-refractivity contribution in [1.29, 1.82) is 0 Å². The van der Waals surface area contributed by atoms with Gasteiger partial charge in [-0.15, -0.1) is 0 Å². The standard InChI is InChI=1S/C14H17N3O3S/c15-6-1-3-12-4-2-7-16-13(12)14(18)17-9-11-5-8-21(19,20)10-11/h2,4,7,11H,5-6,8-10,15H2,(H,17,18). The predicted octanol–water partition coefficient (Wildman–Crippen LogP) is -0.444. The molecule has 1 atom stereocenters. The van der Waals surface area contributed by atoms with Crippen LogP contribution in [-0.2, 0) is 9.84 Å². The number of carbonyl (C=O) groups is 1. The van der Waals surface area contributed by atoms with E-state index in [2.05, 4.69) is 22.1 Å². The van der Waals surface area contributed by atoms with Crippen molar-refractivity contribution in [1.82, 2.24) is 10.3 Å². The van der Waals surface area contributed by atoms with Gasteiger partial charge in [0.2, 0.25) is 0 Å². The topological polar surface area (TPSA) is 102 Å². The maximum absolute atomic E-state index is 12.1. The molecule has 21 heavy (non-hydrogen) atoms. The number of aromatic nitrogens is 1. The molecule has 1 aliphatic rings. The molecular weight excluding hydrogens is 290 g/mol. The Bertz CT molecular complexity index is 689. The van der Waals surface area contributed by atoms with Gasteiger partial charge in [0, 0.05) is 12.7 Å². The van der Waals surface area contributed by atoms with Gasteiger partial charge in [-0.25, -0.2) is 13.4 Å². The molecule has 0 spiro atoms. The van der Waals surface area contributed by atoms with Gasteiger partial charge in [-0.3, -0.25) is 4.79 Å². The minimum atomic E-state index is -2.93. The Hall–Kier alpha value is -1.91. The second kappa shape index (κ2) is 6.70. The van der Waals surface area contributed by atoms with Crippen LogP contribution in [0.5, 0.6) is 0 Å². The number of amides is 1. The fraction of sp³-hybridized carbons (Fsp3) is 0.429. The van der Waals surface area contributed by atoms with Crippen LogP contribution >= 0.6 is 0 Å². The van der Waals surface area contributed by atoms with Crippen molar-refractivity contribution >= 4 is 15.7 Å². The van der Waals surface area contributed by atoms with Crippen LogP contribution in [0.15, 0.2) is 18.3 Å². The molecule has 1 fully saturated rings. The highest BCUT2D eigenvalue weighted by molar-refractivity contribution is 7.91. The van der Waals surface area contributed by atoms with Gasteiger partial charge in [0.25, 0.3) is 5.91 Å². The van der Waals surface area contributed by atoms with E-state index >= 15 is 0 Å². The third-order valence-corrected chi connectivity index (χ3v) is 5.06. The molecule has 3 N–H and O–H groups in total. The van der Waals surface area contributed by atoms with Gasteiger partial charge in [-0.05, 0) is 24.5 Å². The lowest BCUT2D eigenvalue weighted by Gasteiger charge is -2.10. The SMILES string of the molecule is NCC#Cc1cccnc1C(=O)NCC1CCS(=O)(=O)C1. The number of hydrogen-bond acceptors (Lipinski definition) is 5. The first-order valence-electron chi connectivity index (χ1n) is 6.64. The number of rotatable bonds is 3. The minimum absolute atomic E-state index is 0.0266. The lowest BCUT2D eigenvalue weighted by molar-refractivity contribution is 0.0943. The molecule has 0 aliphatic carbocycles. The molecule has 1 unspecified atom stereocenters. The van der Waals surface area contributed by atoms with E-state index in [1.807, 2.05) is 0 Å². The average Bonchev–Trinajstić information content (AvgIpc) is 2.82. The Balaban J connectivity index is 2.01. The maximum Gasteiger partial charge on any atom is 0.271 e. The van der Waals surface area contributed by atoms with E-state index in [4.69, 9.17) is 5.73 Å². The fourth-order valence-electron chi connectivity index (χ4n) is 2.19. The summed E-state index contributed by atoms with van der Waals surface area (Å²) in [5, 5.41) is 2.73. The first-order valence-corrected chi connectivity index (χ1v) is 8.46. The smallest absolute Gasteiger partial charge is 0.271 e. The molecule has 0 bridgehead atoms. The van der Waals surface area contributed by atoms with Crippen molar-refractivity contribution in [3.05, 3.63) is 29.6 Å². The van der Waals surface area contributed by atoms with Crippen molar-refractivity contribution in [3.63, 3.8) is 0 Å². The Kier molecular flexibility index (Phi) is 4.94. The summed E-state index contributed by atoms with van der Waals surface area (Å²) in [4.78, 5) is 16.2. The quantitative estimate of drug-likeness (QED) is 0.737. The summed E-state index contributed by atoms with van der Waals surface area (Å²) in [7, 11) is -2.93. The van der Waals surface area contributed by atoms with Crippen molar-refractivity contribution in [3.8, 4) is 11.8 Å². The average molecular weight is 307 g/mol. The molecule has 0 radical (unpaired) electrons. The minimum Gasteiger partial charge on any atom is -0.350 e. The number of sulfone groups is 1. The van der Waals surface area contributed by atoms with Crippen LogP contribution in [0.1, 0.15) is 22.5 Å². The summed E-state index contributed by atoms with van der Waals surface area (Å²) in [6.07, 6.45) is 2.10. The summed E-state index contributed by atoms with van der Waals surface area (Å²) >= 11 is 0. The normalized spacial score (nSPS) is 19.6. The van der Waals surface area contributed by atoms with Gasteiger partial charge in [0.05, 0.1) is 23.6 Å². The second-order valence-corrected chi connectivity index (χ2v) is 7.11. The summed E-state index contributed by atoms with van der Waals surface area (Å²) in [5.41, 5.74) is 6.07. The highest BCUT2D eigenvalue weighted by atomic mass is 32.2. The zero-order chi connectivity index (χ0) is 15.3. The fourth-order valence-corrected chi connectivity index (χ4v) is 4.05. The molecule has 1 saturated heterocycles. The van der Waals surface area contributed by atoms with E-state index in [9.17, 15) is 13.2 Å². The molecule has 1 aromatic rings. The Morgan fingerprint density at radius 1 is 1.52 bits per heavy atom. The van der Waals surface area contributed by atoms with Gasteiger partial charge in [0.15, 0.2) is 9.84 Å². The molecule has 1 aliphatic heterocycles. The molecule has 0 aromatic carbocycles. The van der Waals surface area contributed by atoms with Crippen LogP contribution in [0, 0.1) is 17.8 Å². The van der Waals surface area contributed by atoms with E-state index in [1.54, 1.807) is 12.1 Å². The first kappa shape index (κ1) is 15.5. The van der Waals surface area contributed by atoms with Crippen molar-refractivity contribution in [2.75, 3.05) is 24.6 Å². The van der Waals surface area contributed by atoms with E-state index in [0.29, 0.717) is 18.5 Å². The van der Waals surface area contributed by atoms with Crippen LogP contribution in [-0.4, -0.2) is 43.9 Å². The lowest BCUT2D eigenvalue weighted by Crippen LogP contribution is -2.31. The zero-order valence-electron chi connectivity index (χ0n) is 11.5. The Morgan fingerprint density at radius 2 is 2.33 bits per heavy atom. The summed E-state index contributed by atoms with van der Waals surface area (Å²) in [6.45, 7) is 0.536.